The van der Waals surface area contributed by atoms with E-state index in [-0.39, 0.29) is 0 Å². The van der Waals surface area contributed by atoms with E-state index >= 15 is 0 Å². The van der Waals surface area contributed by atoms with Gasteiger partial charge in [0, 0.05) is 36.4 Å². The molecule has 1 saturated heterocycles. The minimum Gasteiger partial charge on any atom is -0.495 e. The molecule has 1 aromatic carbocycles. The number of methoxy groups -OCH3 is 1. The first-order valence-corrected chi connectivity index (χ1v) is 8.72. The second kappa shape index (κ2) is 6.97. The average molecular weight is 337 g/mol. The molecule has 1 fully saturated rings. The van der Waals surface area contributed by atoms with Crippen molar-refractivity contribution in [1.29, 1.82) is 0 Å². The van der Waals surface area contributed by atoms with Gasteiger partial charge >= 0.3 is 0 Å². The van der Waals surface area contributed by atoms with Crippen LogP contribution in [0.25, 0.3) is 10.9 Å². The first-order valence-electron chi connectivity index (χ1n) is 7.71. The van der Waals surface area contributed by atoms with Crippen molar-refractivity contribution in [2.24, 2.45) is 5.92 Å². The quantitative estimate of drug-likeness (QED) is 0.836. The average Bonchev–Trinajstić information content (AvgIpc) is 2.55. The third-order valence-corrected chi connectivity index (χ3v) is 5.04. The first-order chi connectivity index (χ1) is 10.7. The number of aromatic nitrogens is 1. The summed E-state index contributed by atoms with van der Waals surface area (Å²) in [5.41, 5.74) is 2.15. The predicted octanol–water partition coefficient (Wildman–Crippen LogP) is 4.43. The second-order valence-corrected chi connectivity index (χ2v) is 6.63. The summed E-state index contributed by atoms with van der Waals surface area (Å²) in [4.78, 5) is 6.90. The molecule has 0 spiro atoms. The van der Waals surface area contributed by atoms with Crippen LogP contribution in [0.3, 0.4) is 0 Å². The van der Waals surface area contributed by atoms with Crippen LogP contribution in [0.2, 0.25) is 5.02 Å². The maximum atomic E-state index is 6.30. The van der Waals surface area contributed by atoms with Crippen molar-refractivity contribution in [1.82, 2.24) is 4.98 Å². The van der Waals surface area contributed by atoms with Gasteiger partial charge in [-0.15, -0.1) is 0 Å². The molecule has 5 heteroatoms. The smallest absolute Gasteiger partial charge is 0.139 e. The number of hydrogen-bond acceptors (Lipinski definition) is 4. The van der Waals surface area contributed by atoms with E-state index in [2.05, 4.69) is 28.6 Å². The Hall–Kier alpha value is -1.13. The van der Waals surface area contributed by atoms with Crippen LogP contribution in [0, 0.1) is 5.92 Å². The summed E-state index contributed by atoms with van der Waals surface area (Å²) in [6.45, 7) is 2.17. The van der Waals surface area contributed by atoms with Gasteiger partial charge < -0.3 is 9.64 Å². The number of benzene rings is 1. The van der Waals surface area contributed by atoms with Crippen molar-refractivity contribution in [2.45, 2.75) is 19.3 Å². The number of fused-ring (bicyclic) bond motifs is 1. The van der Waals surface area contributed by atoms with Gasteiger partial charge in [-0.25, -0.2) is 0 Å². The van der Waals surface area contributed by atoms with Gasteiger partial charge in [0.1, 0.15) is 5.75 Å². The van der Waals surface area contributed by atoms with Crippen LogP contribution < -0.4 is 9.64 Å². The van der Waals surface area contributed by atoms with Crippen molar-refractivity contribution in [2.75, 3.05) is 30.9 Å². The molecule has 1 aliphatic heterocycles. The minimum atomic E-state index is 0.634. The fourth-order valence-corrected chi connectivity index (χ4v) is 3.82. The number of nitrogens with zero attached hydrogens (tertiary/aromatic N) is 2. The largest absolute Gasteiger partial charge is 0.495 e. The van der Waals surface area contributed by atoms with E-state index in [1.165, 1.54) is 24.9 Å². The molecule has 1 aliphatic rings. The van der Waals surface area contributed by atoms with Crippen molar-refractivity contribution < 1.29 is 4.74 Å². The van der Waals surface area contributed by atoms with Crippen LogP contribution in [0.15, 0.2) is 24.4 Å². The molecular weight excluding hydrogens is 316 g/mol. The van der Waals surface area contributed by atoms with E-state index in [0.717, 1.165) is 35.7 Å². The maximum Gasteiger partial charge on any atom is 0.139 e. The summed E-state index contributed by atoms with van der Waals surface area (Å²) in [7, 11) is 1.63. The maximum absolute atomic E-state index is 6.30. The van der Waals surface area contributed by atoms with Crippen LogP contribution in [-0.4, -0.2) is 30.9 Å². The van der Waals surface area contributed by atoms with E-state index in [1.54, 1.807) is 7.11 Å². The van der Waals surface area contributed by atoms with E-state index in [4.69, 9.17) is 16.3 Å². The zero-order valence-electron chi connectivity index (χ0n) is 12.8. The monoisotopic (exact) mass is 336 g/mol. The lowest BCUT2D eigenvalue weighted by atomic mass is 9.94. The highest BCUT2D eigenvalue weighted by Crippen LogP contribution is 2.35. The Bertz CT molecular complexity index is 656. The zero-order chi connectivity index (χ0) is 15.5. The Balaban J connectivity index is 1.90. The van der Waals surface area contributed by atoms with Gasteiger partial charge in [0.2, 0.25) is 0 Å². The Morgan fingerprint density at radius 2 is 2.14 bits per heavy atom. The molecule has 0 bridgehead atoms. The highest BCUT2D eigenvalue weighted by Gasteiger charge is 2.20. The Labute approximate surface area is 142 Å². The normalized spacial score (nSPS) is 16.2. The van der Waals surface area contributed by atoms with Crippen LogP contribution >= 0.6 is 24.2 Å². The molecule has 0 unspecified atom stereocenters. The standard InChI is InChI=1S/C17H21ClN2OS/c1-21-17-11-15-13(10-14(17)18)16(2-6-19-15)20-7-3-12(4-8-20)5-9-22/h2,6,10-12,22H,3-5,7-9H2,1H3. The van der Waals surface area contributed by atoms with Gasteiger partial charge in [0.25, 0.3) is 0 Å². The van der Waals surface area contributed by atoms with Crippen molar-refractivity contribution in [3.63, 3.8) is 0 Å². The number of rotatable bonds is 4. The first kappa shape index (κ1) is 15.8. The molecular formula is C17H21ClN2OS. The highest BCUT2D eigenvalue weighted by molar-refractivity contribution is 7.80. The Kier molecular flexibility index (Phi) is 4.99. The topological polar surface area (TPSA) is 25.4 Å². The summed E-state index contributed by atoms with van der Waals surface area (Å²) in [6.07, 6.45) is 5.55. The highest BCUT2D eigenvalue weighted by atomic mass is 35.5. The fraction of sp³-hybridized carbons (Fsp3) is 0.471. The van der Waals surface area contributed by atoms with Crippen LogP contribution in [0.5, 0.6) is 5.75 Å². The Morgan fingerprint density at radius 1 is 1.36 bits per heavy atom. The number of anilines is 1. The Morgan fingerprint density at radius 3 is 2.82 bits per heavy atom. The number of thiol groups is 1. The number of piperidine rings is 1. The van der Waals surface area contributed by atoms with Gasteiger partial charge in [-0.2, -0.15) is 12.6 Å². The lowest BCUT2D eigenvalue weighted by Crippen LogP contribution is -2.33. The van der Waals surface area contributed by atoms with Crippen LogP contribution in [0.1, 0.15) is 19.3 Å². The van der Waals surface area contributed by atoms with Gasteiger partial charge in [-0.3, -0.25) is 4.98 Å². The van der Waals surface area contributed by atoms with Crippen molar-refractivity contribution >= 4 is 40.8 Å². The number of hydrogen-bond donors (Lipinski definition) is 1. The molecule has 1 aromatic heterocycles. The summed E-state index contributed by atoms with van der Waals surface area (Å²) < 4.78 is 5.29. The van der Waals surface area contributed by atoms with Crippen molar-refractivity contribution in [3.8, 4) is 5.75 Å². The second-order valence-electron chi connectivity index (χ2n) is 5.78. The molecule has 0 aliphatic carbocycles. The number of ether oxygens (including phenoxy) is 1. The molecule has 0 saturated carbocycles. The fourth-order valence-electron chi connectivity index (χ4n) is 3.21. The van der Waals surface area contributed by atoms with Gasteiger partial charge in [-0.05, 0) is 43.1 Å². The summed E-state index contributed by atoms with van der Waals surface area (Å²) in [5, 5.41) is 1.73. The van der Waals surface area contributed by atoms with E-state index in [1.807, 2.05) is 18.3 Å². The third-order valence-electron chi connectivity index (χ3n) is 4.48. The van der Waals surface area contributed by atoms with Crippen LogP contribution in [0.4, 0.5) is 5.69 Å². The molecule has 2 heterocycles. The number of halogens is 1. The molecule has 2 aromatic rings. The lowest BCUT2D eigenvalue weighted by Gasteiger charge is -2.34. The molecule has 3 rings (SSSR count). The van der Waals surface area contributed by atoms with Gasteiger partial charge in [0.05, 0.1) is 17.6 Å². The molecule has 118 valence electrons. The molecule has 0 amide bonds. The lowest BCUT2D eigenvalue weighted by molar-refractivity contribution is 0.398. The third kappa shape index (κ3) is 3.13. The van der Waals surface area contributed by atoms with E-state index < -0.39 is 0 Å². The summed E-state index contributed by atoms with van der Waals surface area (Å²) >= 11 is 10.7. The summed E-state index contributed by atoms with van der Waals surface area (Å²) in [5.74, 6) is 2.47. The minimum absolute atomic E-state index is 0.634. The van der Waals surface area contributed by atoms with Crippen LogP contribution in [-0.2, 0) is 0 Å². The molecule has 22 heavy (non-hydrogen) atoms. The zero-order valence-corrected chi connectivity index (χ0v) is 14.4. The molecule has 0 atom stereocenters. The predicted molar refractivity (Wildman–Crippen MR) is 96.7 cm³/mol. The van der Waals surface area contributed by atoms with E-state index in [9.17, 15) is 0 Å². The van der Waals surface area contributed by atoms with Crippen molar-refractivity contribution in [3.05, 3.63) is 29.4 Å². The van der Waals surface area contributed by atoms with E-state index in [0.29, 0.717) is 10.8 Å². The SMILES string of the molecule is COc1cc2nccc(N3CCC(CCS)CC3)c2cc1Cl. The summed E-state index contributed by atoms with van der Waals surface area (Å²) in [6, 6.07) is 5.97. The van der Waals surface area contributed by atoms with Gasteiger partial charge in [0.15, 0.2) is 0 Å². The van der Waals surface area contributed by atoms with Gasteiger partial charge in [-0.1, -0.05) is 11.6 Å². The molecule has 0 N–H and O–H groups in total. The molecule has 3 nitrogen and oxygen atoms in total. The number of pyridine rings is 1. The molecule has 0 radical (unpaired) electrons.